The minimum Gasteiger partial charge on any atom is -0.383 e. The highest BCUT2D eigenvalue weighted by Gasteiger charge is 2.35. The highest BCUT2D eigenvalue weighted by molar-refractivity contribution is 7.90. The van der Waals surface area contributed by atoms with Crippen LogP contribution in [0.15, 0.2) is 29.2 Å². The van der Waals surface area contributed by atoms with Gasteiger partial charge in [0.25, 0.3) is 0 Å². The normalized spacial score (nSPS) is 18.4. The van der Waals surface area contributed by atoms with Crippen LogP contribution in [-0.4, -0.2) is 45.8 Å². The average molecular weight is 296 g/mol. The molecule has 0 atom stereocenters. The van der Waals surface area contributed by atoms with Crippen molar-refractivity contribution in [1.29, 1.82) is 0 Å². The number of nitrogens with one attached hydrogen (secondary N) is 1. The van der Waals surface area contributed by atoms with E-state index in [2.05, 4.69) is 24.3 Å². The Kier molecular flexibility index (Phi) is 4.39. The van der Waals surface area contributed by atoms with Crippen LogP contribution in [0.3, 0.4) is 0 Å². The largest absolute Gasteiger partial charge is 0.383 e. The van der Waals surface area contributed by atoms with Crippen molar-refractivity contribution in [3.05, 3.63) is 24.3 Å². The molecule has 0 amide bonds. The molecular formula is C15H24N2O2S. The maximum Gasteiger partial charge on any atom is 0.175 e. The van der Waals surface area contributed by atoms with Crippen LogP contribution in [0.4, 0.5) is 5.69 Å². The molecule has 5 heteroatoms. The van der Waals surface area contributed by atoms with Crippen molar-refractivity contribution in [3.63, 3.8) is 0 Å². The molecule has 0 bridgehead atoms. The maximum absolute atomic E-state index is 11.4. The van der Waals surface area contributed by atoms with Crippen LogP contribution in [0, 0.1) is 0 Å². The first-order chi connectivity index (χ1) is 9.33. The Balaban J connectivity index is 2.04. The molecule has 20 heavy (non-hydrogen) atoms. The summed E-state index contributed by atoms with van der Waals surface area (Å²) in [6.07, 6.45) is 6.23. The highest BCUT2D eigenvalue weighted by atomic mass is 32.2. The SMILES string of the molecule is CN(C)C1(CNc2ccc(S(C)(=O)=O)cc2)CCCC1. The van der Waals surface area contributed by atoms with E-state index in [1.807, 2.05) is 12.1 Å². The molecule has 1 saturated carbocycles. The molecule has 0 aliphatic heterocycles. The summed E-state index contributed by atoms with van der Waals surface area (Å²) >= 11 is 0. The maximum atomic E-state index is 11.4. The van der Waals surface area contributed by atoms with E-state index in [-0.39, 0.29) is 5.54 Å². The average Bonchev–Trinajstić information content (AvgIpc) is 2.86. The Hall–Kier alpha value is -1.07. The molecule has 1 aromatic carbocycles. The molecule has 1 fully saturated rings. The molecule has 1 aliphatic carbocycles. The number of benzene rings is 1. The molecule has 0 radical (unpaired) electrons. The van der Waals surface area contributed by atoms with Gasteiger partial charge in [-0.05, 0) is 51.2 Å². The molecule has 2 rings (SSSR count). The van der Waals surface area contributed by atoms with Crippen LogP contribution in [0.25, 0.3) is 0 Å². The summed E-state index contributed by atoms with van der Waals surface area (Å²) in [4.78, 5) is 2.68. The molecule has 0 saturated heterocycles. The van der Waals surface area contributed by atoms with Gasteiger partial charge >= 0.3 is 0 Å². The lowest BCUT2D eigenvalue weighted by Gasteiger charge is -2.36. The predicted octanol–water partition coefficient (Wildman–Crippen LogP) is 2.38. The molecule has 1 N–H and O–H groups in total. The Morgan fingerprint density at radius 1 is 1.15 bits per heavy atom. The van der Waals surface area contributed by atoms with Gasteiger partial charge in [-0.15, -0.1) is 0 Å². The highest BCUT2D eigenvalue weighted by Crippen LogP contribution is 2.34. The van der Waals surface area contributed by atoms with E-state index in [0.29, 0.717) is 4.90 Å². The summed E-state index contributed by atoms with van der Waals surface area (Å²) in [6.45, 7) is 0.901. The zero-order chi connectivity index (χ0) is 14.8. The standard InChI is InChI=1S/C15H24N2O2S/c1-17(2)15(10-4-5-11-15)12-16-13-6-8-14(9-7-13)20(3,18)19/h6-9,16H,4-5,10-12H2,1-3H3. The first-order valence-electron chi connectivity index (χ1n) is 7.05. The van der Waals surface area contributed by atoms with Gasteiger partial charge in [-0.3, -0.25) is 0 Å². The monoisotopic (exact) mass is 296 g/mol. The first-order valence-corrected chi connectivity index (χ1v) is 8.94. The van der Waals surface area contributed by atoms with Crippen LogP contribution in [0.5, 0.6) is 0 Å². The van der Waals surface area contributed by atoms with Crippen LogP contribution in [0.1, 0.15) is 25.7 Å². The fourth-order valence-electron chi connectivity index (χ4n) is 2.90. The fourth-order valence-corrected chi connectivity index (χ4v) is 3.53. The van der Waals surface area contributed by atoms with Gasteiger partial charge in [0.15, 0.2) is 9.84 Å². The van der Waals surface area contributed by atoms with Crippen LogP contribution in [0.2, 0.25) is 0 Å². The smallest absolute Gasteiger partial charge is 0.175 e. The Morgan fingerprint density at radius 2 is 1.70 bits per heavy atom. The number of hydrogen-bond donors (Lipinski definition) is 1. The van der Waals surface area contributed by atoms with Crippen molar-refractivity contribution in [2.45, 2.75) is 36.1 Å². The molecule has 1 aliphatic rings. The number of hydrogen-bond acceptors (Lipinski definition) is 4. The number of sulfone groups is 1. The molecule has 0 spiro atoms. The summed E-state index contributed by atoms with van der Waals surface area (Å²) in [5.41, 5.74) is 1.21. The minimum atomic E-state index is -3.11. The van der Waals surface area contributed by atoms with Gasteiger partial charge < -0.3 is 10.2 Å². The van der Waals surface area contributed by atoms with Gasteiger partial charge in [0, 0.05) is 24.0 Å². The van der Waals surface area contributed by atoms with Crippen molar-refractivity contribution < 1.29 is 8.42 Å². The van der Waals surface area contributed by atoms with Gasteiger partial charge in [-0.2, -0.15) is 0 Å². The molecule has 112 valence electrons. The third-order valence-corrected chi connectivity index (χ3v) is 5.52. The van der Waals surface area contributed by atoms with E-state index >= 15 is 0 Å². The van der Waals surface area contributed by atoms with Gasteiger partial charge in [-0.1, -0.05) is 12.8 Å². The van der Waals surface area contributed by atoms with Gasteiger partial charge in [0.2, 0.25) is 0 Å². The molecule has 4 nitrogen and oxygen atoms in total. The minimum absolute atomic E-state index is 0.232. The van der Waals surface area contributed by atoms with E-state index in [9.17, 15) is 8.42 Å². The molecule has 0 aromatic heterocycles. The summed E-state index contributed by atoms with van der Waals surface area (Å²) in [7, 11) is 1.17. The van der Waals surface area contributed by atoms with Crippen molar-refractivity contribution in [2.24, 2.45) is 0 Å². The lowest BCUT2D eigenvalue weighted by atomic mass is 9.96. The van der Waals surface area contributed by atoms with Gasteiger partial charge in [0.05, 0.1) is 4.90 Å². The molecular weight excluding hydrogens is 272 g/mol. The second-order valence-corrected chi connectivity index (χ2v) is 7.99. The van der Waals surface area contributed by atoms with E-state index in [0.717, 1.165) is 12.2 Å². The van der Waals surface area contributed by atoms with Crippen molar-refractivity contribution in [3.8, 4) is 0 Å². The first kappa shape index (κ1) is 15.3. The molecule has 1 aromatic rings. The lowest BCUT2D eigenvalue weighted by molar-refractivity contribution is 0.172. The quantitative estimate of drug-likeness (QED) is 0.906. The van der Waals surface area contributed by atoms with Crippen molar-refractivity contribution >= 4 is 15.5 Å². The second kappa shape index (κ2) is 5.74. The van der Waals surface area contributed by atoms with Crippen LogP contribution in [-0.2, 0) is 9.84 Å². The van der Waals surface area contributed by atoms with Crippen LogP contribution >= 0.6 is 0 Å². The third-order valence-electron chi connectivity index (χ3n) is 4.39. The summed E-state index contributed by atoms with van der Waals surface area (Å²) in [6, 6.07) is 7.01. The van der Waals surface area contributed by atoms with Gasteiger partial charge in [0.1, 0.15) is 0 Å². The zero-order valence-electron chi connectivity index (χ0n) is 12.5. The zero-order valence-corrected chi connectivity index (χ0v) is 13.3. The molecule has 0 heterocycles. The summed E-state index contributed by atoms with van der Waals surface area (Å²) in [5, 5.41) is 3.45. The van der Waals surface area contributed by atoms with E-state index in [4.69, 9.17) is 0 Å². The Morgan fingerprint density at radius 3 is 2.15 bits per heavy atom. The Bertz CT molecular complexity index is 544. The number of anilines is 1. The fraction of sp³-hybridized carbons (Fsp3) is 0.600. The number of rotatable bonds is 5. The van der Waals surface area contributed by atoms with Crippen molar-refractivity contribution in [1.82, 2.24) is 4.90 Å². The van der Waals surface area contributed by atoms with E-state index in [1.165, 1.54) is 31.9 Å². The Labute approximate surface area is 122 Å². The molecule has 0 unspecified atom stereocenters. The van der Waals surface area contributed by atoms with Crippen molar-refractivity contribution in [2.75, 3.05) is 32.2 Å². The summed E-state index contributed by atoms with van der Waals surface area (Å²) in [5.74, 6) is 0. The third kappa shape index (κ3) is 3.33. The van der Waals surface area contributed by atoms with E-state index < -0.39 is 9.84 Å². The van der Waals surface area contributed by atoms with Crippen LogP contribution < -0.4 is 5.32 Å². The number of nitrogens with zero attached hydrogens (tertiary/aromatic N) is 1. The second-order valence-electron chi connectivity index (χ2n) is 5.98. The summed E-state index contributed by atoms with van der Waals surface area (Å²) < 4.78 is 22.8. The predicted molar refractivity (Wildman–Crippen MR) is 82.9 cm³/mol. The number of likely N-dealkylation sites (N-methyl/N-ethyl adjacent to an activating group) is 1. The van der Waals surface area contributed by atoms with Gasteiger partial charge in [-0.25, -0.2) is 8.42 Å². The lowest BCUT2D eigenvalue weighted by Crippen LogP contribution is -2.47. The van der Waals surface area contributed by atoms with E-state index in [1.54, 1.807) is 12.1 Å². The topological polar surface area (TPSA) is 49.4 Å².